The number of nitriles is 1. The van der Waals surface area contributed by atoms with Crippen molar-refractivity contribution < 1.29 is 19.4 Å². The first-order chi connectivity index (χ1) is 8.53. The largest absolute Gasteiger partial charge is 0.503 e. The summed E-state index contributed by atoms with van der Waals surface area (Å²) in [6.45, 7) is 0. The van der Waals surface area contributed by atoms with Crippen LogP contribution in [0.1, 0.15) is 5.56 Å². The predicted octanol–water partition coefficient (Wildman–Crippen LogP) is 2.24. The molecule has 1 aromatic rings. The number of esters is 1. The lowest BCUT2D eigenvalue weighted by Crippen LogP contribution is -2.02. The number of halogens is 1. The molecular weight excluding hydrogens is 302 g/mol. The number of nitrogens with zero attached hydrogens (tertiary/aromatic N) is 1. The Morgan fingerprint density at radius 1 is 1.50 bits per heavy atom. The summed E-state index contributed by atoms with van der Waals surface area (Å²) < 4.78 is 9.82. The lowest BCUT2D eigenvalue weighted by atomic mass is 10.1. The van der Waals surface area contributed by atoms with Crippen molar-refractivity contribution in [3.05, 3.63) is 27.7 Å². The third kappa shape index (κ3) is 3.02. The summed E-state index contributed by atoms with van der Waals surface area (Å²) in [5.74, 6) is -0.537. The van der Waals surface area contributed by atoms with E-state index in [4.69, 9.17) is 10.00 Å². The first kappa shape index (κ1) is 14.1. The van der Waals surface area contributed by atoms with Gasteiger partial charge in [0.15, 0.2) is 11.5 Å². The molecule has 94 valence electrons. The average molecular weight is 312 g/mol. The topological polar surface area (TPSA) is 79.6 Å². The highest BCUT2D eigenvalue weighted by molar-refractivity contribution is 9.10. The molecule has 1 N–H and O–H groups in total. The number of benzene rings is 1. The van der Waals surface area contributed by atoms with Gasteiger partial charge in [-0.1, -0.05) is 0 Å². The predicted molar refractivity (Wildman–Crippen MR) is 68.0 cm³/mol. The van der Waals surface area contributed by atoms with Crippen LogP contribution < -0.4 is 4.74 Å². The van der Waals surface area contributed by atoms with Gasteiger partial charge in [-0.05, 0) is 39.7 Å². The standard InChI is InChI=1S/C12H10BrNO4/c1-17-10-5-7(4-9(13)11(10)15)3-8(6-14)12(16)18-2/h3-5,15H,1-2H3/b8-3-. The third-order valence-electron chi connectivity index (χ3n) is 2.11. The van der Waals surface area contributed by atoms with Gasteiger partial charge in [0.25, 0.3) is 0 Å². The SMILES string of the molecule is COC(=O)/C(C#N)=C\c1cc(Br)c(O)c(OC)c1. The van der Waals surface area contributed by atoms with Crippen LogP contribution in [0.4, 0.5) is 0 Å². The molecule has 0 aliphatic heterocycles. The molecule has 0 bridgehead atoms. The monoisotopic (exact) mass is 311 g/mol. The van der Waals surface area contributed by atoms with Gasteiger partial charge in [0.2, 0.25) is 0 Å². The Labute approximate surface area is 112 Å². The number of phenolic OH excluding ortho intramolecular Hbond substituents is 1. The van der Waals surface area contributed by atoms with Crippen molar-refractivity contribution >= 4 is 28.0 Å². The van der Waals surface area contributed by atoms with Gasteiger partial charge in [0, 0.05) is 0 Å². The fourth-order valence-corrected chi connectivity index (χ4v) is 1.71. The molecule has 0 aliphatic carbocycles. The minimum absolute atomic E-state index is 0.0498. The minimum Gasteiger partial charge on any atom is -0.503 e. The van der Waals surface area contributed by atoms with E-state index in [1.54, 1.807) is 12.1 Å². The maximum absolute atomic E-state index is 11.2. The Morgan fingerprint density at radius 2 is 2.17 bits per heavy atom. The number of aromatic hydroxyl groups is 1. The number of carbonyl (C=O) groups excluding carboxylic acids is 1. The molecule has 18 heavy (non-hydrogen) atoms. The number of hydrogen-bond acceptors (Lipinski definition) is 5. The van der Waals surface area contributed by atoms with Crippen LogP contribution in [0.3, 0.4) is 0 Å². The van der Waals surface area contributed by atoms with Crippen molar-refractivity contribution in [1.29, 1.82) is 5.26 Å². The molecule has 1 rings (SSSR count). The maximum Gasteiger partial charge on any atom is 0.348 e. The molecule has 0 radical (unpaired) electrons. The molecule has 0 heterocycles. The van der Waals surface area contributed by atoms with Crippen molar-refractivity contribution in [2.24, 2.45) is 0 Å². The molecule has 0 saturated carbocycles. The van der Waals surface area contributed by atoms with E-state index in [1.807, 2.05) is 0 Å². The second-order valence-corrected chi connectivity index (χ2v) is 4.07. The van der Waals surface area contributed by atoms with Crippen LogP contribution in [-0.4, -0.2) is 25.3 Å². The average Bonchev–Trinajstić information content (AvgIpc) is 2.38. The summed E-state index contributed by atoms with van der Waals surface area (Å²) in [5, 5.41) is 18.4. The molecule has 0 unspecified atom stereocenters. The molecule has 0 spiro atoms. The van der Waals surface area contributed by atoms with Crippen LogP contribution in [0.5, 0.6) is 11.5 Å². The van der Waals surface area contributed by atoms with E-state index >= 15 is 0 Å². The second-order valence-electron chi connectivity index (χ2n) is 3.21. The second kappa shape index (κ2) is 6.07. The summed E-state index contributed by atoms with van der Waals surface area (Å²) in [7, 11) is 2.60. The molecule has 0 atom stereocenters. The van der Waals surface area contributed by atoms with Crippen molar-refractivity contribution in [2.45, 2.75) is 0 Å². The summed E-state index contributed by atoms with van der Waals surface area (Å²) in [6.07, 6.45) is 1.35. The first-order valence-electron chi connectivity index (χ1n) is 4.80. The fourth-order valence-electron chi connectivity index (χ4n) is 1.25. The van der Waals surface area contributed by atoms with E-state index in [-0.39, 0.29) is 17.1 Å². The lowest BCUT2D eigenvalue weighted by molar-refractivity contribution is -0.135. The van der Waals surface area contributed by atoms with Crippen LogP contribution in [0, 0.1) is 11.3 Å². The molecule has 0 saturated heterocycles. The Balaban J connectivity index is 3.27. The molecular formula is C12H10BrNO4. The van der Waals surface area contributed by atoms with Crippen LogP contribution >= 0.6 is 15.9 Å². The van der Waals surface area contributed by atoms with Gasteiger partial charge in [-0.2, -0.15) is 5.26 Å². The summed E-state index contributed by atoms with van der Waals surface area (Å²) >= 11 is 3.15. The van der Waals surface area contributed by atoms with Crippen molar-refractivity contribution in [1.82, 2.24) is 0 Å². The number of ether oxygens (including phenoxy) is 2. The quantitative estimate of drug-likeness (QED) is 0.526. The lowest BCUT2D eigenvalue weighted by Gasteiger charge is -2.06. The van der Waals surface area contributed by atoms with E-state index in [1.165, 1.54) is 26.4 Å². The van der Waals surface area contributed by atoms with Gasteiger partial charge in [-0.25, -0.2) is 4.79 Å². The summed E-state index contributed by atoms with van der Waals surface area (Å²) in [6, 6.07) is 4.79. The van der Waals surface area contributed by atoms with Gasteiger partial charge < -0.3 is 14.6 Å². The zero-order chi connectivity index (χ0) is 13.7. The number of phenols is 1. The van der Waals surface area contributed by atoms with Crippen molar-refractivity contribution in [3.63, 3.8) is 0 Å². The zero-order valence-corrected chi connectivity index (χ0v) is 11.3. The summed E-state index contributed by atoms with van der Waals surface area (Å²) in [5.41, 5.74) is 0.385. The fraction of sp³-hybridized carbons (Fsp3) is 0.167. The summed E-state index contributed by atoms with van der Waals surface area (Å²) in [4.78, 5) is 11.2. The molecule has 1 aromatic carbocycles. The normalized spacial score (nSPS) is 10.7. The molecule has 0 aromatic heterocycles. The maximum atomic E-state index is 11.2. The Kier molecular flexibility index (Phi) is 4.75. The number of methoxy groups -OCH3 is 2. The van der Waals surface area contributed by atoms with Crippen LogP contribution in [0.25, 0.3) is 6.08 Å². The van der Waals surface area contributed by atoms with Gasteiger partial charge in [0.05, 0.1) is 18.7 Å². The highest BCUT2D eigenvalue weighted by Crippen LogP contribution is 2.35. The van der Waals surface area contributed by atoms with Crippen LogP contribution in [-0.2, 0) is 9.53 Å². The van der Waals surface area contributed by atoms with Crippen LogP contribution in [0.2, 0.25) is 0 Å². The van der Waals surface area contributed by atoms with Crippen LogP contribution in [0.15, 0.2) is 22.2 Å². The molecule has 0 aliphatic rings. The third-order valence-corrected chi connectivity index (χ3v) is 2.71. The molecule has 0 fully saturated rings. The number of rotatable bonds is 3. The highest BCUT2D eigenvalue weighted by atomic mass is 79.9. The number of hydrogen-bond donors (Lipinski definition) is 1. The Bertz CT molecular complexity index is 546. The Morgan fingerprint density at radius 3 is 2.67 bits per heavy atom. The van der Waals surface area contributed by atoms with E-state index in [0.717, 1.165) is 0 Å². The Hall–Kier alpha value is -2.00. The highest BCUT2D eigenvalue weighted by Gasteiger charge is 2.11. The van der Waals surface area contributed by atoms with Gasteiger partial charge in [-0.15, -0.1) is 0 Å². The van der Waals surface area contributed by atoms with Gasteiger partial charge >= 0.3 is 5.97 Å². The first-order valence-corrected chi connectivity index (χ1v) is 5.59. The van der Waals surface area contributed by atoms with Crippen molar-refractivity contribution in [2.75, 3.05) is 14.2 Å². The number of carbonyl (C=O) groups is 1. The van der Waals surface area contributed by atoms with Crippen molar-refractivity contribution in [3.8, 4) is 17.6 Å². The molecule has 0 amide bonds. The van der Waals surface area contributed by atoms with E-state index in [9.17, 15) is 9.90 Å². The zero-order valence-electron chi connectivity index (χ0n) is 9.73. The van der Waals surface area contributed by atoms with Gasteiger partial charge in [-0.3, -0.25) is 0 Å². The molecule has 6 heteroatoms. The molecule has 5 nitrogen and oxygen atoms in total. The van der Waals surface area contributed by atoms with Gasteiger partial charge in [0.1, 0.15) is 11.6 Å². The van der Waals surface area contributed by atoms with E-state index in [0.29, 0.717) is 10.0 Å². The van der Waals surface area contributed by atoms with E-state index in [2.05, 4.69) is 20.7 Å². The smallest absolute Gasteiger partial charge is 0.348 e. The minimum atomic E-state index is -0.722. The van der Waals surface area contributed by atoms with E-state index < -0.39 is 5.97 Å².